The van der Waals surface area contributed by atoms with Crippen LogP contribution in [0, 0.1) is 0 Å². The van der Waals surface area contributed by atoms with E-state index in [-0.39, 0.29) is 28.1 Å². The maximum absolute atomic E-state index is 10.2. The summed E-state index contributed by atoms with van der Waals surface area (Å²) in [4.78, 5) is 19.8. The number of rotatable bonds is 9. The summed E-state index contributed by atoms with van der Waals surface area (Å²) in [5.74, 6) is -1.58. The molecule has 0 saturated carbocycles. The average molecular weight is 260 g/mol. The van der Waals surface area contributed by atoms with Crippen LogP contribution in [0.15, 0.2) is 0 Å². The molecular weight excluding hydrogens is 239 g/mol. The molecule has 0 atom stereocenters. The van der Waals surface area contributed by atoms with Gasteiger partial charge in [0.15, 0.2) is 0 Å². The van der Waals surface area contributed by atoms with Crippen LogP contribution in [0.5, 0.6) is 0 Å². The Morgan fingerprint density at radius 3 is 1.76 bits per heavy atom. The van der Waals surface area contributed by atoms with Gasteiger partial charge in [0.25, 0.3) is 0 Å². The molecule has 0 saturated heterocycles. The molecule has 0 bridgehead atoms. The van der Waals surface area contributed by atoms with E-state index in [9.17, 15) is 14.7 Å². The van der Waals surface area contributed by atoms with Crippen molar-refractivity contribution in [2.75, 3.05) is 13.2 Å². The van der Waals surface area contributed by atoms with E-state index in [0.717, 1.165) is 26.1 Å². The van der Waals surface area contributed by atoms with Gasteiger partial charge in [-0.3, -0.25) is 4.79 Å². The summed E-state index contributed by atoms with van der Waals surface area (Å²) in [6.07, 6.45) is 2.00. The molecule has 0 rings (SSSR count). The van der Waals surface area contributed by atoms with Crippen molar-refractivity contribution in [1.29, 1.82) is 0 Å². The number of carbonyl (C=O) groups excluding carboxylic acids is 2. The van der Waals surface area contributed by atoms with Crippen LogP contribution in [-0.4, -0.2) is 40.9 Å². The van der Waals surface area contributed by atoms with Crippen molar-refractivity contribution < 1.29 is 22.3 Å². The van der Waals surface area contributed by atoms with Gasteiger partial charge in [0.2, 0.25) is 0 Å². The second-order valence-corrected chi connectivity index (χ2v) is 4.14. The second-order valence-electron chi connectivity index (χ2n) is 3.28. The first-order valence-electron chi connectivity index (χ1n) is 5.84. The van der Waals surface area contributed by atoms with E-state index in [1.54, 1.807) is 6.92 Å². The van der Waals surface area contributed by atoms with Gasteiger partial charge < -0.3 is 9.90 Å². The van der Waals surface area contributed by atoms with Crippen molar-refractivity contribution in [1.82, 2.24) is 0 Å². The minimum absolute atomic E-state index is 0.182. The van der Waals surface area contributed by atoms with E-state index in [4.69, 9.17) is 7.58 Å². The zero-order chi connectivity index (χ0) is 13.5. The van der Waals surface area contributed by atoms with Gasteiger partial charge in [-0.2, -0.15) is 0 Å². The van der Waals surface area contributed by atoms with Gasteiger partial charge in [-0.25, -0.2) is 0 Å². The molecule has 0 aliphatic heterocycles. The molecule has 0 aromatic rings. The molecule has 0 aliphatic rings. The van der Waals surface area contributed by atoms with E-state index in [1.165, 1.54) is 0 Å². The summed E-state index contributed by atoms with van der Waals surface area (Å²) in [5, 5.41) is 9.64. The molecule has 0 aromatic heterocycles. The summed E-state index contributed by atoms with van der Waals surface area (Å²) in [6.45, 7) is 7.50. The van der Waals surface area contributed by atoms with Crippen LogP contribution in [0.2, 0.25) is 0 Å². The van der Waals surface area contributed by atoms with Crippen LogP contribution in [0.1, 0.15) is 46.5 Å². The molecule has 0 unspecified atom stereocenters. The predicted molar refractivity (Wildman–Crippen MR) is 63.2 cm³/mol. The third-order valence-corrected chi connectivity index (χ3v) is 2.26. The van der Waals surface area contributed by atoms with E-state index in [0.29, 0.717) is 0 Å². The molecule has 17 heavy (non-hydrogen) atoms. The molecule has 5 nitrogen and oxygen atoms in total. The van der Waals surface area contributed by atoms with E-state index in [2.05, 4.69) is 13.8 Å². The first-order chi connectivity index (χ1) is 8.08. The first-order valence-corrected chi connectivity index (χ1v) is 6.79. The van der Waals surface area contributed by atoms with E-state index < -0.39 is 12.4 Å². The van der Waals surface area contributed by atoms with Crippen LogP contribution in [-0.2, 0) is 17.2 Å². The van der Waals surface area contributed by atoms with Gasteiger partial charge in [-0.05, 0) is 0 Å². The number of hydrogen-bond acceptors (Lipinski definition) is 5. The van der Waals surface area contributed by atoms with Crippen molar-refractivity contribution in [3.8, 4) is 0 Å². The van der Waals surface area contributed by atoms with Gasteiger partial charge in [0, 0.05) is 18.8 Å². The quantitative estimate of drug-likeness (QED) is 0.342. The fourth-order valence-corrected chi connectivity index (χ4v) is 1.43. The summed E-state index contributed by atoms with van der Waals surface area (Å²) >= 11 is -0.182. The van der Waals surface area contributed by atoms with Crippen molar-refractivity contribution in [2.24, 2.45) is 0 Å². The standard InChI is InChI=1S/C5H8O3.2C3H7O.Al/c1-2-4(6)3-5(7)8;2*1-2-3-4;/h2-3H2,1H3,(H,7,8);2*2-3H2,1H3;/q;2*-1;+3/p-1. The minimum atomic E-state index is -1.29. The summed E-state index contributed by atoms with van der Waals surface area (Å²) < 4.78 is 10.3. The number of carboxylic acid groups (broad SMARTS) is 1. The van der Waals surface area contributed by atoms with Crippen molar-refractivity contribution in [3.63, 3.8) is 0 Å². The normalized spacial score (nSPS) is 8.88. The predicted octanol–water partition coefficient (Wildman–Crippen LogP) is 0.479. The zero-order valence-electron chi connectivity index (χ0n) is 10.9. The molecule has 6 heteroatoms. The molecule has 0 aliphatic carbocycles. The molecule has 0 aromatic carbocycles. The Hall–Kier alpha value is -0.408. The van der Waals surface area contributed by atoms with Gasteiger partial charge in [0.05, 0.1) is 0 Å². The van der Waals surface area contributed by atoms with Crippen molar-refractivity contribution in [2.45, 2.75) is 46.5 Å². The Morgan fingerprint density at radius 1 is 1.06 bits per heavy atom. The Morgan fingerprint density at radius 2 is 1.53 bits per heavy atom. The third-order valence-electron chi connectivity index (χ3n) is 1.52. The van der Waals surface area contributed by atoms with Crippen LogP contribution in [0.4, 0.5) is 0 Å². The topological polar surface area (TPSA) is 75.7 Å². The third kappa shape index (κ3) is 21.4. The first kappa shape index (κ1) is 18.9. The molecule has 0 fully saturated rings. The second kappa shape index (κ2) is 15.6. The van der Waals surface area contributed by atoms with E-state index in [1.807, 2.05) is 0 Å². The zero-order valence-corrected chi connectivity index (χ0v) is 12.0. The average Bonchev–Trinajstić information content (AvgIpc) is 2.29. The van der Waals surface area contributed by atoms with Gasteiger partial charge in [-0.1, -0.05) is 6.92 Å². The number of hydrogen-bond donors (Lipinski definition) is 0. The number of carboxylic acids is 1. The van der Waals surface area contributed by atoms with Crippen LogP contribution in [0.3, 0.4) is 0 Å². The fraction of sp³-hybridized carbons (Fsp3) is 0.818. The van der Waals surface area contributed by atoms with Gasteiger partial charge in [-0.15, -0.1) is 0 Å². The number of aliphatic carboxylic acids is 1. The SMILES string of the molecule is CCC(=O)CC(=O)[O-].CCC[O][Al+][O]CCC. The molecule has 98 valence electrons. The molecule has 0 heterocycles. The van der Waals surface area contributed by atoms with Crippen molar-refractivity contribution in [3.05, 3.63) is 0 Å². The number of ketones is 1. The van der Waals surface area contributed by atoms with Crippen molar-refractivity contribution >= 4 is 27.6 Å². The Kier molecular flexibility index (Phi) is 17.4. The molecule has 0 spiro atoms. The summed E-state index contributed by atoms with van der Waals surface area (Å²) in [5.41, 5.74) is 0. The fourth-order valence-electron chi connectivity index (χ4n) is 0.666. The molecule has 0 radical (unpaired) electrons. The molecule has 0 amide bonds. The Bertz CT molecular complexity index is 190. The Balaban J connectivity index is 0. The van der Waals surface area contributed by atoms with Crippen LogP contribution >= 0.6 is 0 Å². The van der Waals surface area contributed by atoms with Gasteiger partial charge in [0.1, 0.15) is 5.78 Å². The summed E-state index contributed by atoms with van der Waals surface area (Å²) in [7, 11) is 0. The van der Waals surface area contributed by atoms with E-state index >= 15 is 0 Å². The van der Waals surface area contributed by atoms with Gasteiger partial charge >= 0.3 is 63.4 Å². The van der Waals surface area contributed by atoms with Crippen LogP contribution < -0.4 is 5.11 Å². The number of Topliss-reactive ketones (excluding diaryl/α,β-unsaturated/α-hetero) is 1. The van der Waals surface area contributed by atoms with Crippen LogP contribution in [0.25, 0.3) is 0 Å². The molecular formula is C11H21AlO5. The monoisotopic (exact) mass is 260 g/mol. The summed E-state index contributed by atoms with van der Waals surface area (Å²) in [6, 6.07) is 0. The number of carbonyl (C=O) groups is 2. The molecule has 0 N–H and O–H groups in total. The maximum atomic E-state index is 10.2. The Labute approximate surface area is 110 Å².